The molecule has 0 radical (unpaired) electrons. The fraction of sp³-hybridized carbons (Fsp3) is 0.776. The molecule has 534 valence electrons. The molecule has 0 spiro atoms. The Morgan fingerprint density at radius 3 is 0.559 bits per heavy atom. The van der Waals surface area contributed by atoms with Crippen LogP contribution in [0, 0.1) is 0 Å². The minimum absolute atomic E-state index is 0.104. The van der Waals surface area contributed by atoms with Gasteiger partial charge in [-0.25, -0.2) is 4.79 Å². The maximum Gasteiger partial charge on any atom is 0.335 e. The minimum Gasteiger partial charge on any atom is -0.493 e. The van der Waals surface area contributed by atoms with Crippen molar-refractivity contribution in [3.8, 4) is 34.5 Å². The highest BCUT2D eigenvalue weighted by Gasteiger charge is 2.13. The van der Waals surface area contributed by atoms with Crippen molar-refractivity contribution in [1.82, 2.24) is 0 Å². The summed E-state index contributed by atoms with van der Waals surface area (Å²) in [4.78, 5) is 12.6. The fourth-order valence-corrected chi connectivity index (χ4v) is 12.9. The Kier molecular flexibility index (Phi) is 56.1. The highest BCUT2D eigenvalue weighted by atomic mass is 16.5. The summed E-state index contributed by atoms with van der Waals surface area (Å²) in [5, 5.41) is 10.3. The van der Waals surface area contributed by atoms with Crippen LogP contribution >= 0.6 is 0 Å². The van der Waals surface area contributed by atoms with Crippen LogP contribution in [-0.4, -0.2) is 37.5 Å². The number of carboxylic acid groups (broad SMARTS) is 1. The Bertz CT molecular complexity index is 1880. The molecule has 0 saturated carbocycles. The lowest BCUT2D eigenvalue weighted by molar-refractivity contribution is 0.0695. The fourth-order valence-electron chi connectivity index (χ4n) is 12.9. The molecule has 0 bridgehead atoms. The van der Waals surface area contributed by atoms with Gasteiger partial charge in [-0.1, -0.05) is 362 Å². The SMILES string of the molecule is CCCCCCCCCCCCCCCCOc1cc(COc2cc(OCc3cc(OCCCCCCCCCCCCCCCC)cc(OCCCCCCCCCCCCCCCC)c3)cc(C(=O)O)c2)cc(OCCCCCCCCCCCCCCCC)c1. The summed E-state index contributed by atoms with van der Waals surface area (Å²) in [6, 6.07) is 17.1. The summed E-state index contributed by atoms with van der Waals surface area (Å²) >= 11 is 0. The molecule has 0 heterocycles. The normalized spacial score (nSPS) is 11.4. The number of hydrogen-bond acceptors (Lipinski definition) is 7. The van der Waals surface area contributed by atoms with Crippen molar-refractivity contribution >= 4 is 5.97 Å². The predicted molar refractivity (Wildman–Crippen MR) is 398 cm³/mol. The first-order chi connectivity index (χ1) is 45.9. The molecule has 0 atom stereocenters. The maximum absolute atomic E-state index is 12.6. The zero-order valence-electron chi connectivity index (χ0n) is 61.3. The summed E-state index contributed by atoms with van der Waals surface area (Å²) in [6.45, 7) is 12.2. The van der Waals surface area contributed by atoms with Crippen molar-refractivity contribution in [2.45, 2.75) is 400 Å². The Labute approximate surface area is 574 Å². The second kappa shape index (κ2) is 62.7. The van der Waals surface area contributed by atoms with Crippen LogP contribution in [0.5, 0.6) is 34.5 Å². The van der Waals surface area contributed by atoms with Gasteiger partial charge < -0.3 is 33.5 Å². The van der Waals surface area contributed by atoms with Gasteiger partial charge in [0.15, 0.2) is 0 Å². The number of hydrogen-bond donors (Lipinski definition) is 1. The molecule has 0 saturated heterocycles. The van der Waals surface area contributed by atoms with Crippen LogP contribution in [0.1, 0.15) is 409 Å². The molecule has 0 aliphatic rings. The van der Waals surface area contributed by atoms with E-state index in [-0.39, 0.29) is 18.8 Å². The van der Waals surface area contributed by atoms with E-state index < -0.39 is 5.97 Å². The quantitative estimate of drug-likeness (QED) is 0.0559. The molecular formula is C85H146O8. The minimum atomic E-state index is -1.04. The first-order valence-electron chi connectivity index (χ1n) is 40.4. The van der Waals surface area contributed by atoms with E-state index in [1.54, 1.807) is 18.2 Å². The summed E-state index contributed by atoms with van der Waals surface area (Å²) in [5.41, 5.74) is 1.91. The van der Waals surface area contributed by atoms with E-state index in [1.807, 2.05) is 36.4 Å². The van der Waals surface area contributed by atoms with Crippen LogP contribution in [-0.2, 0) is 13.2 Å². The molecule has 93 heavy (non-hydrogen) atoms. The van der Waals surface area contributed by atoms with Crippen molar-refractivity contribution in [1.29, 1.82) is 0 Å². The Morgan fingerprint density at radius 1 is 0.226 bits per heavy atom. The number of unbranched alkanes of at least 4 members (excludes halogenated alkanes) is 52. The van der Waals surface area contributed by atoms with Crippen LogP contribution in [0.25, 0.3) is 0 Å². The Balaban J connectivity index is 1.59. The third kappa shape index (κ3) is 50.0. The van der Waals surface area contributed by atoms with Crippen LogP contribution in [0.2, 0.25) is 0 Å². The second-order valence-electron chi connectivity index (χ2n) is 28.0. The number of rotatable bonds is 71. The van der Waals surface area contributed by atoms with E-state index in [9.17, 15) is 9.90 Å². The van der Waals surface area contributed by atoms with Gasteiger partial charge in [0.05, 0.1) is 32.0 Å². The van der Waals surface area contributed by atoms with Crippen LogP contribution < -0.4 is 28.4 Å². The first-order valence-corrected chi connectivity index (χ1v) is 40.4. The molecule has 0 aliphatic heterocycles. The van der Waals surface area contributed by atoms with Gasteiger partial charge in [-0.15, -0.1) is 0 Å². The maximum atomic E-state index is 12.6. The lowest BCUT2D eigenvalue weighted by atomic mass is 10.0. The van der Waals surface area contributed by atoms with Crippen molar-refractivity contribution in [3.63, 3.8) is 0 Å². The van der Waals surface area contributed by atoms with Gasteiger partial charge in [-0.2, -0.15) is 0 Å². The van der Waals surface area contributed by atoms with Gasteiger partial charge in [0, 0.05) is 18.2 Å². The zero-order chi connectivity index (χ0) is 66.2. The van der Waals surface area contributed by atoms with Crippen molar-refractivity contribution < 1.29 is 38.3 Å². The third-order valence-electron chi connectivity index (χ3n) is 18.9. The van der Waals surface area contributed by atoms with E-state index >= 15 is 0 Å². The number of aromatic carboxylic acids is 1. The Hall–Kier alpha value is -4.07. The summed E-state index contributed by atoms with van der Waals surface area (Å²) in [5.74, 6) is 2.91. The van der Waals surface area contributed by atoms with Gasteiger partial charge in [-0.3, -0.25) is 0 Å². The topological polar surface area (TPSA) is 92.7 Å². The number of benzene rings is 3. The lowest BCUT2D eigenvalue weighted by Crippen LogP contribution is -2.05. The second-order valence-corrected chi connectivity index (χ2v) is 28.0. The summed E-state index contributed by atoms with van der Waals surface area (Å²) < 4.78 is 38.5. The molecule has 0 unspecified atom stereocenters. The highest BCUT2D eigenvalue weighted by molar-refractivity contribution is 5.88. The van der Waals surface area contributed by atoms with Crippen LogP contribution in [0.4, 0.5) is 0 Å². The number of carbonyl (C=O) groups is 1. The first kappa shape index (κ1) is 83.2. The molecule has 0 aromatic heterocycles. The highest BCUT2D eigenvalue weighted by Crippen LogP contribution is 2.31. The standard InChI is InChI=1S/C85H146O8/c1-5-9-13-17-21-25-29-33-37-41-45-49-53-57-61-88-79-65-76(66-80(71-79)89-62-58-54-50-46-42-38-34-30-26-22-18-14-10-6-2)74-92-83-69-78(85(86)87)70-84(73-83)93-75-77-67-81(90-63-59-55-51-47-43-39-35-31-27-23-19-15-11-7-3)72-82(68-77)91-64-60-56-52-48-44-40-36-32-28-24-20-16-12-8-4/h65-73H,5-64,74-75H2,1-4H3,(H,86,87). The lowest BCUT2D eigenvalue weighted by Gasteiger charge is -2.15. The van der Waals surface area contributed by atoms with E-state index in [2.05, 4.69) is 27.7 Å². The largest absolute Gasteiger partial charge is 0.493 e. The molecule has 3 rings (SSSR count). The van der Waals surface area contributed by atoms with Crippen LogP contribution in [0.15, 0.2) is 54.6 Å². The van der Waals surface area contributed by atoms with E-state index in [0.29, 0.717) is 37.9 Å². The monoisotopic (exact) mass is 1300 g/mol. The van der Waals surface area contributed by atoms with Crippen molar-refractivity contribution in [2.24, 2.45) is 0 Å². The van der Waals surface area contributed by atoms with Gasteiger partial charge in [0.2, 0.25) is 0 Å². The van der Waals surface area contributed by atoms with Gasteiger partial charge in [0.1, 0.15) is 47.7 Å². The van der Waals surface area contributed by atoms with Crippen LogP contribution in [0.3, 0.4) is 0 Å². The van der Waals surface area contributed by atoms with Gasteiger partial charge >= 0.3 is 5.97 Å². The van der Waals surface area contributed by atoms with Crippen molar-refractivity contribution in [2.75, 3.05) is 26.4 Å². The molecule has 1 N–H and O–H groups in total. The third-order valence-corrected chi connectivity index (χ3v) is 18.9. The molecular weight excluding hydrogens is 1150 g/mol. The molecule has 0 fully saturated rings. The van der Waals surface area contributed by atoms with Gasteiger partial charge in [0.25, 0.3) is 0 Å². The molecule has 0 aliphatic carbocycles. The predicted octanol–water partition coefficient (Wildman–Crippen LogP) is 28.0. The molecule has 8 nitrogen and oxygen atoms in total. The zero-order valence-corrected chi connectivity index (χ0v) is 61.3. The smallest absolute Gasteiger partial charge is 0.335 e. The van der Waals surface area contributed by atoms with E-state index in [0.717, 1.165) is 59.8 Å². The van der Waals surface area contributed by atoms with E-state index in [1.165, 1.54) is 334 Å². The number of ether oxygens (including phenoxy) is 6. The Morgan fingerprint density at radius 2 is 0.387 bits per heavy atom. The molecule has 8 heteroatoms. The summed E-state index contributed by atoms with van der Waals surface area (Å²) in [7, 11) is 0. The summed E-state index contributed by atoms with van der Waals surface area (Å²) in [6.07, 6.45) is 74.1. The molecule has 3 aromatic carbocycles. The average molecular weight is 1300 g/mol. The average Bonchev–Trinajstić information content (AvgIpc) is 2.09. The van der Waals surface area contributed by atoms with Gasteiger partial charge in [-0.05, 0) is 73.2 Å². The van der Waals surface area contributed by atoms with E-state index in [4.69, 9.17) is 28.4 Å². The van der Waals surface area contributed by atoms with Crippen molar-refractivity contribution in [3.05, 3.63) is 71.3 Å². The molecule has 3 aromatic rings. The molecule has 0 amide bonds. The number of carboxylic acids is 1.